The van der Waals surface area contributed by atoms with Crippen LogP contribution in [0.15, 0.2) is 93.9 Å². The maximum atomic E-state index is 12.8. The molecule has 4 aromatic carbocycles. The third-order valence-corrected chi connectivity index (χ3v) is 8.03. The van der Waals surface area contributed by atoms with E-state index in [0.29, 0.717) is 11.3 Å². The summed E-state index contributed by atoms with van der Waals surface area (Å²) in [5.74, 6) is 0.137. The van der Waals surface area contributed by atoms with Crippen LogP contribution >= 0.6 is 31.9 Å². The molecule has 0 amide bonds. The molecule has 0 aliphatic carbocycles. The molecule has 1 unspecified atom stereocenters. The molecule has 0 aromatic heterocycles. The van der Waals surface area contributed by atoms with Gasteiger partial charge in [-0.15, -0.1) is 0 Å². The van der Waals surface area contributed by atoms with E-state index >= 15 is 0 Å². The van der Waals surface area contributed by atoms with Gasteiger partial charge in [-0.05, 0) is 55.0 Å². The molecule has 1 atom stereocenters. The number of ether oxygens (including phenoxy) is 1. The molecule has 1 aliphatic rings. The molecule has 0 N–H and O–H groups in total. The average molecular weight is 654 g/mol. The molecule has 5 rings (SSSR count). The normalized spacial score (nSPS) is 16.9. The van der Waals surface area contributed by atoms with Gasteiger partial charge in [-0.25, -0.2) is 0 Å². The van der Waals surface area contributed by atoms with E-state index in [1.54, 1.807) is 0 Å². The Morgan fingerprint density at radius 2 is 1.32 bits per heavy atom. The van der Waals surface area contributed by atoms with E-state index in [-0.39, 0.29) is 0 Å². The van der Waals surface area contributed by atoms with Gasteiger partial charge in [0, 0.05) is 31.2 Å². The van der Waals surface area contributed by atoms with Gasteiger partial charge in [0.25, 0.3) is 0 Å². The summed E-state index contributed by atoms with van der Waals surface area (Å²) in [6.45, 7) is 1.96. The Morgan fingerprint density at radius 1 is 0.784 bits per heavy atom. The number of benzene rings is 4. The molecular weight excluding hydrogens is 637 g/mol. The van der Waals surface area contributed by atoms with Crippen LogP contribution in [0.5, 0.6) is 11.5 Å². The van der Waals surface area contributed by atoms with Crippen molar-refractivity contribution in [3.63, 3.8) is 0 Å². The van der Waals surface area contributed by atoms with E-state index in [4.69, 9.17) is 4.74 Å². The molecule has 0 bridgehead atoms. The van der Waals surface area contributed by atoms with Crippen molar-refractivity contribution in [3.05, 3.63) is 116 Å². The Labute approximate surface area is 228 Å². The van der Waals surface area contributed by atoms with Crippen molar-refractivity contribution in [3.8, 4) is 22.6 Å². The van der Waals surface area contributed by atoms with Gasteiger partial charge in [-0.2, -0.15) is 21.6 Å². The number of fused-ring (bicyclic) bond motifs is 3. The maximum absolute atomic E-state index is 12.8. The van der Waals surface area contributed by atoms with E-state index in [9.17, 15) is 21.6 Å². The lowest BCUT2D eigenvalue weighted by Crippen LogP contribution is -2.38. The minimum Gasteiger partial charge on any atom is -0.472 e. The topological polar surface area (TPSA) is 52.6 Å². The second kappa shape index (κ2) is 9.18. The van der Waals surface area contributed by atoms with Crippen molar-refractivity contribution < 1.29 is 30.5 Å². The monoisotopic (exact) mass is 652 g/mol. The molecule has 1 heterocycles. The van der Waals surface area contributed by atoms with Crippen LogP contribution in [0.1, 0.15) is 22.3 Å². The molecule has 0 saturated carbocycles. The molecule has 0 radical (unpaired) electrons. The molecule has 0 saturated heterocycles. The predicted octanol–water partition coefficient (Wildman–Crippen LogP) is 8.10. The van der Waals surface area contributed by atoms with Crippen LogP contribution in [-0.4, -0.2) is 13.9 Å². The molecular formula is C27H17Br2F3O4S. The summed E-state index contributed by atoms with van der Waals surface area (Å²) in [6.07, 6.45) is 0. The Balaban J connectivity index is 1.74. The zero-order valence-corrected chi connectivity index (χ0v) is 23.0. The first-order valence-electron chi connectivity index (χ1n) is 10.9. The summed E-state index contributed by atoms with van der Waals surface area (Å²) in [7, 11) is -5.80. The SMILES string of the molecule is Cc1ccc(C2(c3ccc(OS(=O)(=O)C(F)(F)F)cc3)Oc3cc(Br)ccc3-c3ccc(Br)cc32)cc1. The summed E-state index contributed by atoms with van der Waals surface area (Å²) < 4.78 is 74.3. The number of hydrogen-bond donors (Lipinski definition) is 0. The number of rotatable bonds is 4. The Morgan fingerprint density at radius 3 is 1.92 bits per heavy atom. The van der Waals surface area contributed by atoms with Gasteiger partial charge in [0.2, 0.25) is 0 Å². The van der Waals surface area contributed by atoms with E-state index in [1.165, 1.54) is 24.3 Å². The lowest BCUT2D eigenvalue weighted by atomic mass is 9.75. The lowest BCUT2D eigenvalue weighted by Gasteiger charge is -2.41. The smallest absolute Gasteiger partial charge is 0.472 e. The van der Waals surface area contributed by atoms with Gasteiger partial charge in [-0.3, -0.25) is 0 Å². The predicted molar refractivity (Wildman–Crippen MR) is 141 cm³/mol. The van der Waals surface area contributed by atoms with Crippen LogP contribution in [0, 0.1) is 6.92 Å². The van der Waals surface area contributed by atoms with Crippen LogP contribution < -0.4 is 8.92 Å². The molecule has 190 valence electrons. The fraction of sp³-hybridized carbons (Fsp3) is 0.111. The number of hydrogen-bond acceptors (Lipinski definition) is 4. The van der Waals surface area contributed by atoms with Crippen molar-refractivity contribution in [1.82, 2.24) is 0 Å². The molecule has 0 fully saturated rings. The Kier molecular flexibility index (Phi) is 6.40. The molecule has 4 nitrogen and oxygen atoms in total. The third-order valence-electron chi connectivity index (χ3n) is 6.07. The Bertz CT molecular complexity index is 1600. The van der Waals surface area contributed by atoms with Gasteiger partial charge in [-0.1, -0.05) is 79.9 Å². The Hall–Kier alpha value is -2.82. The van der Waals surface area contributed by atoms with E-state index in [1.807, 2.05) is 67.6 Å². The van der Waals surface area contributed by atoms with Crippen molar-refractivity contribution in [1.29, 1.82) is 0 Å². The summed E-state index contributed by atoms with van der Waals surface area (Å²) in [6, 6.07) is 24.7. The molecule has 10 heteroatoms. The van der Waals surface area contributed by atoms with Gasteiger partial charge >= 0.3 is 15.6 Å². The second-order valence-corrected chi connectivity index (χ2v) is 11.9. The first kappa shape index (κ1) is 25.8. The van der Waals surface area contributed by atoms with Crippen LogP contribution in [-0.2, 0) is 15.7 Å². The zero-order chi connectivity index (χ0) is 26.6. The van der Waals surface area contributed by atoms with Gasteiger partial charge in [0.1, 0.15) is 11.5 Å². The first-order chi connectivity index (χ1) is 17.4. The number of halogens is 5. The molecule has 37 heavy (non-hydrogen) atoms. The van der Waals surface area contributed by atoms with Crippen LogP contribution in [0.3, 0.4) is 0 Å². The minimum absolute atomic E-state index is 0.464. The number of alkyl halides is 3. The van der Waals surface area contributed by atoms with Gasteiger partial charge < -0.3 is 8.92 Å². The third kappa shape index (κ3) is 4.55. The van der Waals surface area contributed by atoms with Crippen molar-refractivity contribution in [2.45, 2.75) is 18.0 Å². The quantitative estimate of drug-likeness (QED) is 0.165. The van der Waals surface area contributed by atoms with Crippen molar-refractivity contribution >= 4 is 42.0 Å². The highest BCUT2D eigenvalue weighted by atomic mass is 79.9. The van der Waals surface area contributed by atoms with Gasteiger partial charge in [0.15, 0.2) is 5.60 Å². The van der Waals surface area contributed by atoms with E-state index in [2.05, 4.69) is 36.0 Å². The average Bonchev–Trinajstić information content (AvgIpc) is 2.83. The van der Waals surface area contributed by atoms with Crippen LogP contribution in [0.2, 0.25) is 0 Å². The van der Waals surface area contributed by atoms with Crippen LogP contribution in [0.25, 0.3) is 11.1 Å². The molecule has 4 aromatic rings. The van der Waals surface area contributed by atoms with Crippen molar-refractivity contribution in [2.24, 2.45) is 0 Å². The van der Waals surface area contributed by atoms with E-state index in [0.717, 1.165) is 36.8 Å². The fourth-order valence-electron chi connectivity index (χ4n) is 4.37. The van der Waals surface area contributed by atoms with E-state index < -0.39 is 27.0 Å². The number of aryl methyl sites for hydroxylation is 1. The summed E-state index contributed by atoms with van der Waals surface area (Å²) in [4.78, 5) is 0. The van der Waals surface area contributed by atoms with Crippen LogP contribution in [0.4, 0.5) is 13.2 Å². The largest absolute Gasteiger partial charge is 0.534 e. The maximum Gasteiger partial charge on any atom is 0.534 e. The second-order valence-electron chi connectivity index (χ2n) is 8.49. The summed E-state index contributed by atoms with van der Waals surface area (Å²) in [5.41, 5.74) is -1.77. The highest BCUT2D eigenvalue weighted by Crippen LogP contribution is 2.52. The lowest BCUT2D eigenvalue weighted by molar-refractivity contribution is -0.0500. The molecule has 0 spiro atoms. The minimum atomic E-state index is -5.80. The summed E-state index contributed by atoms with van der Waals surface area (Å²) in [5, 5.41) is 0. The highest BCUT2D eigenvalue weighted by molar-refractivity contribution is 9.10. The first-order valence-corrected chi connectivity index (χ1v) is 13.9. The summed E-state index contributed by atoms with van der Waals surface area (Å²) >= 11 is 7.06. The standard InChI is InChI=1S/C27H17Br2F3O4S/c1-16-2-4-17(5-3-16)26(18-6-10-21(11-7-18)36-37(33,34)27(30,31)32)24-14-19(28)8-12-22(24)23-13-9-20(29)15-25(23)35-26/h2-15H,1H3. The highest BCUT2D eigenvalue weighted by Gasteiger charge is 2.49. The van der Waals surface area contributed by atoms with Gasteiger partial charge in [0.05, 0.1) is 0 Å². The van der Waals surface area contributed by atoms with Crippen molar-refractivity contribution in [2.75, 3.05) is 0 Å². The zero-order valence-electron chi connectivity index (χ0n) is 19.0. The molecule has 1 aliphatic heterocycles. The fourth-order valence-corrected chi connectivity index (χ4v) is 5.53.